The first-order chi connectivity index (χ1) is 6.33. The lowest BCUT2D eigenvalue weighted by Gasteiger charge is -2.04. The summed E-state index contributed by atoms with van der Waals surface area (Å²) in [6.45, 7) is 5.97. The van der Waals surface area contributed by atoms with Gasteiger partial charge in [0.2, 0.25) is 0 Å². The van der Waals surface area contributed by atoms with Crippen LogP contribution in [-0.2, 0) is 5.75 Å². The minimum Gasteiger partial charge on any atom is -0.157 e. The standard InChI is InChI=1S/C12H16S/c1-3-11(2)9-13-10-12-7-5-4-6-8-12/h3-8,11H,1,9-10H2,2H3/t11-/m0/s1. The van der Waals surface area contributed by atoms with E-state index in [2.05, 4.69) is 43.8 Å². The molecule has 0 radical (unpaired) electrons. The molecule has 0 spiro atoms. The fourth-order valence-corrected chi connectivity index (χ4v) is 2.06. The van der Waals surface area contributed by atoms with Crippen LogP contribution >= 0.6 is 11.8 Å². The summed E-state index contributed by atoms with van der Waals surface area (Å²) in [6, 6.07) is 10.6. The van der Waals surface area contributed by atoms with Gasteiger partial charge in [-0.25, -0.2) is 0 Å². The molecular formula is C12H16S. The highest BCUT2D eigenvalue weighted by Gasteiger charge is 1.96. The lowest BCUT2D eigenvalue weighted by atomic mass is 10.2. The van der Waals surface area contributed by atoms with Crippen LogP contribution in [0, 0.1) is 5.92 Å². The van der Waals surface area contributed by atoms with Crippen LogP contribution in [0.2, 0.25) is 0 Å². The number of allylic oxidation sites excluding steroid dienone is 1. The van der Waals surface area contributed by atoms with Crippen molar-refractivity contribution in [1.82, 2.24) is 0 Å². The molecule has 0 heterocycles. The molecule has 0 aromatic heterocycles. The molecule has 70 valence electrons. The van der Waals surface area contributed by atoms with Gasteiger partial charge in [0.05, 0.1) is 0 Å². The summed E-state index contributed by atoms with van der Waals surface area (Å²) >= 11 is 1.97. The predicted molar refractivity (Wildman–Crippen MR) is 62.0 cm³/mol. The van der Waals surface area contributed by atoms with E-state index in [-0.39, 0.29) is 0 Å². The molecule has 1 aromatic carbocycles. The summed E-state index contributed by atoms with van der Waals surface area (Å²) in [6.07, 6.45) is 2.01. The van der Waals surface area contributed by atoms with Crippen molar-refractivity contribution in [3.05, 3.63) is 48.6 Å². The van der Waals surface area contributed by atoms with Gasteiger partial charge in [-0.05, 0) is 17.2 Å². The zero-order chi connectivity index (χ0) is 9.52. The van der Waals surface area contributed by atoms with Crippen molar-refractivity contribution in [1.29, 1.82) is 0 Å². The van der Waals surface area contributed by atoms with Gasteiger partial charge in [-0.3, -0.25) is 0 Å². The second kappa shape index (κ2) is 5.87. The SMILES string of the molecule is C=C[C@H](C)CSCc1ccccc1. The molecule has 0 aliphatic rings. The van der Waals surface area contributed by atoms with Gasteiger partial charge in [0, 0.05) is 5.75 Å². The molecule has 0 aliphatic heterocycles. The normalized spacial score (nSPS) is 12.4. The van der Waals surface area contributed by atoms with Crippen LogP contribution in [0.25, 0.3) is 0 Å². The third-order valence-corrected chi connectivity index (χ3v) is 3.19. The minimum absolute atomic E-state index is 0.619. The summed E-state index contributed by atoms with van der Waals surface area (Å²) < 4.78 is 0. The second-order valence-corrected chi connectivity index (χ2v) is 4.24. The fourth-order valence-electron chi connectivity index (χ4n) is 1.00. The first kappa shape index (κ1) is 10.4. The Morgan fingerprint density at radius 1 is 1.38 bits per heavy atom. The van der Waals surface area contributed by atoms with Crippen LogP contribution in [-0.4, -0.2) is 5.75 Å². The van der Waals surface area contributed by atoms with Crippen molar-refractivity contribution in [3.8, 4) is 0 Å². The van der Waals surface area contributed by atoms with E-state index in [0.29, 0.717) is 5.92 Å². The van der Waals surface area contributed by atoms with Crippen LogP contribution < -0.4 is 0 Å². The molecule has 0 saturated carbocycles. The molecule has 1 rings (SSSR count). The number of rotatable bonds is 5. The van der Waals surface area contributed by atoms with Gasteiger partial charge in [0.25, 0.3) is 0 Å². The zero-order valence-corrected chi connectivity index (χ0v) is 8.89. The molecule has 0 saturated heterocycles. The Hall–Kier alpha value is -0.690. The van der Waals surface area contributed by atoms with Crippen molar-refractivity contribution in [2.45, 2.75) is 12.7 Å². The molecule has 0 bridgehead atoms. The molecular weight excluding hydrogens is 176 g/mol. The quantitative estimate of drug-likeness (QED) is 0.640. The largest absolute Gasteiger partial charge is 0.157 e. The van der Waals surface area contributed by atoms with Gasteiger partial charge in [-0.1, -0.05) is 43.3 Å². The minimum atomic E-state index is 0.619. The summed E-state index contributed by atoms with van der Waals surface area (Å²) in [4.78, 5) is 0. The Kier molecular flexibility index (Phi) is 4.69. The Balaban J connectivity index is 2.24. The van der Waals surface area contributed by atoms with Gasteiger partial charge in [0.1, 0.15) is 0 Å². The lowest BCUT2D eigenvalue weighted by Crippen LogP contribution is -1.92. The smallest absolute Gasteiger partial charge is 0.0184 e. The zero-order valence-electron chi connectivity index (χ0n) is 8.07. The van der Waals surface area contributed by atoms with Crippen molar-refractivity contribution < 1.29 is 0 Å². The molecule has 0 N–H and O–H groups in total. The highest BCUT2D eigenvalue weighted by atomic mass is 32.2. The number of hydrogen-bond donors (Lipinski definition) is 0. The Morgan fingerprint density at radius 2 is 2.08 bits per heavy atom. The van der Waals surface area contributed by atoms with E-state index in [9.17, 15) is 0 Å². The molecule has 0 unspecified atom stereocenters. The molecule has 1 atom stereocenters. The van der Waals surface area contributed by atoms with Crippen LogP contribution in [0.15, 0.2) is 43.0 Å². The highest BCUT2D eigenvalue weighted by Crippen LogP contribution is 2.15. The summed E-state index contributed by atoms with van der Waals surface area (Å²) in [7, 11) is 0. The molecule has 0 aliphatic carbocycles. The van der Waals surface area contributed by atoms with Gasteiger partial charge in [-0.15, -0.1) is 6.58 Å². The van der Waals surface area contributed by atoms with E-state index in [0.717, 1.165) is 5.75 Å². The van der Waals surface area contributed by atoms with Crippen molar-refractivity contribution in [3.63, 3.8) is 0 Å². The first-order valence-corrected chi connectivity index (χ1v) is 5.72. The number of thioether (sulfide) groups is 1. The average Bonchev–Trinajstić information content (AvgIpc) is 2.19. The van der Waals surface area contributed by atoms with E-state index >= 15 is 0 Å². The van der Waals surface area contributed by atoms with Gasteiger partial charge in [0.15, 0.2) is 0 Å². The maximum absolute atomic E-state index is 3.77. The van der Waals surface area contributed by atoms with E-state index in [1.807, 2.05) is 17.8 Å². The third kappa shape index (κ3) is 4.18. The highest BCUT2D eigenvalue weighted by molar-refractivity contribution is 7.98. The van der Waals surface area contributed by atoms with E-state index in [1.165, 1.54) is 11.3 Å². The Labute approximate surface area is 85.1 Å². The summed E-state index contributed by atoms with van der Waals surface area (Å²) in [5, 5.41) is 0. The lowest BCUT2D eigenvalue weighted by molar-refractivity contribution is 0.849. The van der Waals surface area contributed by atoms with Crippen LogP contribution in [0.1, 0.15) is 12.5 Å². The fraction of sp³-hybridized carbons (Fsp3) is 0.333. The summed E-state index contributed by atoms with van der Waals surface area (Å²) in [5.41, 5.74) is 1.41. The van der Waals surface area contributed by atoms with Crippen molar-refractivity contribution in [2.24, 2.45) is 5.92 Å². The molecule has 1 aromatic rings. The van der Waals surface area contributed by atoms with Gasteiger partial charge < -0.3 is 0 Å². The van der Waals surface area contributed by atoms with E-state index < -0.39 is 0 Å². The Bertz CT molecular complexity index is 241. The molecule has 0 fully saturated rings. The van der Waals surface area contributed by atoms with Crippen LogP contribution in [0.5, 0.6) is 0 Å². The predicted octanol–water partition coefficient (Wildman–Crippen LogP) is 3.74. The average molecular weight is 192 g/mol. The number of benzene rings is 1. The second-order valence-electron chi connectivity index (χ2n) is 3.21. The molecule has 0 amide bonds. The maximum atomic E-state index is 3.77. The maximum Gasteiger partial charge on any atom is 0.0184 e. The van der Waals surface area contributed by atoms with Crippen molar-refractivity contribution in [2.75, 3.05) is 5.75 Å². The third-order valence-electron chi connectivity index (χ3n) is 1.89. The van der Waals surface area contributed by atoms with E-state index in [1.54, 1.807) is 0 Å². The monoisotopic (exact) mass is 192 g/mol. The van der Waals surface area contributed by atoms with Crippen LogP contribution in [0.3, 0.4) is 0 Å². The molecule has 0 nitrogen and oxygen atoms in total. The number of hydrogen-bond acceptors (Lipinski definition) is 1. The first-order valence-electron chi connectivity index (χ1n) is 4.57. The van der Waals surface area contributed by atoms with Gasteiger partial charge in [-0.2, -0.15) is 11.8 Å². The van der Waals surface area contributed by atoms with E-state index in [4.69, 9.17) is 0 Å². The Morgan fingerprint density at radius 3 is 2.69 bits per heavy atom. The topological polar surface area (TPSA) is 0 Å². The molecule has 13 heavy (non-hydrogen) atoms. The molecule has 1 heteroatoms. The van der Waals surface area contributed by atoms with Crippen LogP contribution in [0.4, 0.5) is 0 Å². The summed E-state index contributed by atoms with van der Waals surface area (Å²) in [5.74, 6) is 2.89. The van der Waals surface area contributed by atoms with Gasteiger partial charge >= 0.3 is 0 Å². The van der Waals surface area contributed by atoms with Crippen molar-refractivity contribution >= 4 is 11.8 Å².